The summed E-state index contributed by atoms with van der Waals surface area (Å²) in [5.41, 5.74) is 36.6. The standard InChI is InChI=1S/2C18H22N4.4C12H16O2/c2*1-13-9-15(3)21(19-13)11-17-5-7-18(8-6-17)12-22-16(4)10-14(2)20-22;4*1-6-7(2)9(4)11(12(13)14)10(5)8(6)3/h2*5-10H,11-12H2,1-4H3;4*1-5H3,(H,13,14). The van der Waals surface area contributed by atoms with Gasteiger partial charge < -0.3 is 20.4 Å². The third-order valence-electron chi connectivity index (χ3n) is 20.6. The molecule has 0 aliphatic heterocycles. The Hall–Kier alpha value is -9.96. The lowest BCUT2D eigenvalue weighted by atomic mass is 9.90. The van der Waals surface area contributed by atoms with Crippen LogP contribution in [0.25, 0.3) is 0 Å². The van der Waals surface area contributed by atoms with E-state index in [1.54, 1.807) is 0 Å². The maximum atomic E-state index is 11.1. The lowest BCUT2D eigenvalue weighted by Crippen LogP contribution is -2.08. The van der Waals surface area contributed by atoms with Gasteiger partial charge >= 0.3 is 23.9 Å². The van der Waals surface area contributed by atoms with Crippen molar-refractivity contribution < 1.29 is 39.6 Å². The van der Waals surface area contributed by atoms with Crippen molar-refractivity contribution in [1.82, 2.24) is 39.1 Å². The van der Waals surface area contributed by atoms with Crippen LogP contribution >= 0.6 is 0 Å². The summed E-state index contributed by atoms with van der Waals surface area (Å²) in [5, 5.41) is 54.4. The molecular weight excluding hydrogens is 1250 g/mol. The molecule has 0 saturated heterocycles. The lowest BCUT2D eigenvalue weighted by molar-refractivity contribution is 0.0684. The van der Waals surface area contributed by atoms with Crippen LogP contribution in [0, 0.1) is 194 Å². The molecule has 0 bridgehead atoms. The van der Waals surface area contributed by atoms with Crippen molar-refractivity contribution in [1.29, 1.82) is 0 Å². The Balaban J connectivity index is 0.000000220. The summed E-state index contributed by atoms with van der Waals surface area (Å²) in [6.07, 6.45) is 0. The molecule has 16 heteroatoms. The molecule has 0 fully saturated rings. The second-order valence-corrected chi connectivity index (χ2v) is 27.2. The summed E-state index contributed by atoms with van der Waals surface area (Å²) >= 11 is 0. The van der Waals surface area contributed by atoms with Crippen LogP contribution < -0.4 is 0 Å². The van der Waals surface area contributed by atoms with Crippen molar-refractivity contribution >= 4 is 23.9 Å². The number of hydrogen-bond donors (Lipinski definition) is 4. The molecule has 4 aromatic heterocycles. The van der Waals surface area contributed by atoms with Gasteiger partial charge in [0.2, 0.25) is 0 Å². The Morgan fingerprint density at radius 2 is 0.350 bits per heavy atom. The number of carboxylic acids is 4. The molecule has 10 aromatic rings. The quantitative estimate of drug-likeness (QED) is 0.0897. The Bertz CT molecular complexity index is 3980. The maximum absolute atomic E-state index is 11.1. The number of carboxylic acid groups (broad SMARTS) is 4. The summed E-state index contributed by atoms with van der Waals surface area (Å²) in [6.45, 7) is 58.7. The molecule has 4 N–H and O–H groups in total. The minimum atomic E-state index is -0.828. The zero-order chi connectivity index (χ0) is 75.5. The van der Waals surface area contributed by atoms with Crippen LogP contribution in [0.15, 0.2) is 72.8 Å². The molecular formula is C84H108N8O8. The average molecular weight is 1360 g/mol. The van der Waals surface area contributed by atoms with E-state index < -0.39 is 23.9 Å². The summed E-state index contributed by atoms with van der Waals surface area (Å²) in [5.74, 6) is -3.31. The molecule has 0 atom stereocenters. The van der Waals surface area contributed by atoms with Gasteiger partial charge in [-0.2, -0.15) is 20.4 Å². The molecule has 10 rings (SSSR count). The highest BCUT2D eigenvalue weighted by atomic mass is 16.4. The highest BCUT2D eigenvalue weighted by Gasteiger charge is 2.21. The van der Waals surface area contributed by atoms with Crippen LogP contribution in [0.2, 0.25) is 0 Å². The molecule has 0 spiro atoms. The normalized spacial score (nSPS) is 10.7. The number of nitrogens with zero attached hydrogens (tertiary/aromatic N) is 8. The van der Waals surface area contributed by atoms with Crippen LogP contribution in [-0.4, -0.2) is 83.4 Å². The Labute approximate surface area is 593 Å². The highest BCUT2D eigenvalue weighted by Crippen LogP contribution is 2.30. The van der Waals surface area contributed by atoms with E-state index >= 15 is 0 Å². The predicted molar refractivity (Wildman–Crippen MR) is 404 cm³/mol. The first-order chi connectivity index (χ1) is 46.5. The smallest absolute Gasteiger partial charge is 0.336 e. The fourth-order valence-electron chi connectivity index (χ4n) is 12.8. The van der Waals surface area contributed by atoms with Gasteiger partial charge in [0.05, 0.1) is 71.2 Å². The van der Waals surface area contributed by atoms with Crippen LogP contribution in [0.4, 0.5) is 0 Å². The summed E-state index contributed by atoms with van der Waals surface area (Å²) < 4.78 is 8.19. The number of carbonyl (C=O) groups is 4. The van der Waals surface area contributed by atoms with Gasteiger partial charge in [-0.15, -0.1) is 0 Å². The second-order valence-electron chi connectivity index (χ2n) is 27.2. The molecule has 4 heterocycles. The van der Waals surface area contributed by atoms with E-state index in [4.69, 9.17) is 20.4 Å². The first-order valence-corrected chi connectivity index (χ1v) is 33.9. The molecule has 0 radical (unpaired) electrons. The number of benzene rings is 6. The minimum Gasteiger partial charge on any atom is -0.478 e. The fourth-order valence-corrected chi connectivity index (χ4v) is 12.8. The van der Waals surface area contributed by atoms with Crippen LogP contribution in [0.1, 0.15) is 221 Å². The van der Waals surface area contributed by atoms with Gasteiger partial charge in [-0.3, -0.25) is 18.7 Å². The molecule has 532 valence electrons. The number of aromatic nitrogens is 8. The van der Waals surface area contributed by atoms with Gasteiger partial charge in [0, 0.05) is 22.8 Å². The van der Waals surface area contributed by atoms with Crippen LogP contribution in [0.5, 0.6) is 0 Å². The Morgan fingerprint density at radius 3 is 0.450 bits per heavy atom. The third-order valence-corrected chi connectivity index (χ3v) is 20.6. The average Bonchev–Trinajstić information content (AvgIpc) is 1.10. The van der Waals surface area contributed by atoms with E-state index in [2.05, 4.69) is 121 Å². The van der Waals surface area contributed by atoms with E-state index in [0.717, 1.165) is 138 Å². The number of rotatable bonds is 12. The maximum Gasteiger partial charge on any atom is 0.336 e. The van der Waals surface area contributed by atoms with Crippen molar-refractivity contribution in [2.75, 3.05) is 0 Å². The number of hydrogen-bond acceptors (Lipinski definition) is 8. The van der Waals surface area contributed by atoms with Crippen molar-refractivity contribution in [3.8, 4) is 0 Å². The Kier molecular flexibility index (Phi) is 27.6. The number of aryl methyl sites for hydroxylation is 8. The van der Waals surface area contributed by atoms with Crippen molar-refractivity contribution in [3.63, 3.8) is 0 Å². The van der Waals surface area contributed by atoms with Gasteiger partial charge in [0.25, 0.3) is 0 Å². The zero-order valence-electron chi connectivity index (χ0n) is 64.8. The van der Waals surface area contributed by atoms with Gasteiger partial charge in [-0.05, 0) is 352 Å². The molecule has 6 aromatic carbocycles. The van der Waals surface area contributed by atoms with E-state index in [-0.39, 0.29) is 0 Å². The minimum absolute atomic E-state index is 0.464. The monoisotopic (exact) mass is 1360 g/mol. The van der Waals surface area contributed by atoms with Crippen molar-refractivity contribution in [3.05, 3.63) is 274 Å². The predicted octanol–water partition coefficient (Wildman–Crippen LogP) is 18.5. The van der Waals surface area contributed by atoms with Gasteiger partial charge in [-0.25, -0.2) is 19.2 Å². The first-order valence-electron chi connectivity index (χ1n) is 33.9. The number of aromatic carboxylic acids is 4. The third kappa shape index (κ3) is 19.3. The van der Waals surface area contributed by atoms with E-state index in [1.807, 2.05) is 185 Å². The molecule has 100 heavy (non-hydrogen) atoms. The second kappa shape index (κ2) is 34.2. The summed E-state index contributed by atoms with van der Waals surface area (Å²) in [7, 11) is 0. The largest absolute Gasteiger partial charge is 0.478 e. The van der Waals surface area contributed by atoms with E-state index in [9.17, 15) is 19.2 Å². The van der Waals surface area contributed by atoms with E-state index in [0.29, 0.717) is 22.3 Å². The molecule has 16 nitrogen and oxygen atoms in total. The zero-order valence-corrected chi connectivity index (χ0v) is 64.8. The van der Waals surface area contributed by atoms with Crippen LogP contribution in [0.3, 0.4) is 0 Å². The summed E-state index contributed by atoms with van der Waals surface area (Å²) in [6, 6.07) is 25.9. The Morgan fingerprint density at radius 1 is 0.230 bits per heavy atom. The van der Waals surface area contributed by atoms with Crippen LogP contribution in [-0.2, 0) is 26.2 Å². The van der Waals surface area contributed by atoms with E-state index in [1.165, 1.54) is 67.3 Å². The van der Waals surface area contributed by atoms with Crippen molar-refractivity contribution in [2.45, 2.75) is 220 Å². The fraction of sp³-hybridized carbons (Fsp3) is 0.381. The lowest BCUT2D eigenvalue weighted by Gasteiger charge is -2.15. The molecule has 0 aliphatic carbocycles. The van der Waals surface area contributed by atoms with Crippen molar-refractivity contribution in [2.24, 2.45) is 0 Å². The molecule has 0 amide bonds. The topological polar surface area (TPSA) is 220 Å². The SMILES string of the molecule is Cc1c(C)c(C)c(C(=O)O)c(C)c1C.Cc1c(C)c(C)c(C(=O)O)c(C)c1C.Cc1c(C)c(C)c(C(=O)O)c(C)c1C.Cc1c(C)c(C)c(C(=O)O)c(C)c1C.Cc1cc(C)n(Cc2ccc(Cn3nc(C)cc3C)cc2)n1.Cc1cc(C)n(Cc2ccc(Cn3nc(C)cc3C)cc2)n1. The van der Waals surface area contributed by atoms with Gasteiger partial charge in [0.1, 0.15) is 0 Å². The van der Waals surface area contributed by atoms with Gasteiger partial charge in [0.15, 0.2) is 0 Å². The first kappa shape index (κ1) is 80.7. The highest BCUT2D eigenvalue weighted by molar-refractivity contribution is 5.94. The molecule has 0 aliphatic rings. The summed E-state index contributed by atoms with van der Waals surface area (Å²) in [4.78, 5) is 44.2. The van der Waals surface area contributed by atoms with Gasteiger partial charge in [-0.1, -0.05) is 48.5 Å². The molecule has 0 saturated carbocycles. The molecule has 0 unspecified atom stereocenters.